The molecule has 0 aliphatic heterocycles. The molecule has 0 aromatic carbocycles. The second-order valence-electron chi connectivity index (χ2n) is 14.8. The highest BCUT2D eigenvalue weighted by Gasteiger charge is 2.15. The lowest BCUT2D eigenvalue weighted by molar-refractivity contribution is -0.148. The maximum atomic E-state index is 13.0. The Morgan fingerprint density at radius 1 is 0.408 bits per heavy atom. The Morgan fingerprint density at radius 2 is 0.694 bits per heavy atom. The van der Waals surface area contributed by atoms with Gasteiger partial charge in [0.1, 0.15) is 12.2 Å². The van der Waals surface area contributed by atoms with Crippen molar-refractivity contribution in [2.75, 3.05) is 0 Å². The van der Waals surface area contributed by atoms with Gasteiger partial charge in [0.2, 0.25) is 0 Å². The summed E-state index contributed by atoms with van der Waals surface area (Å²) in [5, 5.41) is 0. The lowest BCUT2D eigenvalue weighted by Crippen LogP contribution is -2.18. The fourth-order valence-electron chi connectivity index (χ4n) is 5.13. The second kappa shape index (κ2) is 27.7. The summed E-state index contributed by atoms with van der Waals surface area (Å²) < 4.78 is 11.9. The molecular weight excluding hydrogens is 604 g/mol. The van der Waals surface area contributed by atoms with E-state index in [9.17, 15) is 9.59 Å². The van der Waals surface area contributed by atoms with Crippen LogP contribution in [0.25, 0.3) is 0 Å². The lowest BCUT2D eigenvalue weighted by atomic mass is 10.0. The second-order valence-corrected chi connectivity index (χ2v) is 14.8. The van der Waals surface area contributed by atoms with Crippen LogP contribution in [0.1, 0.15) is 167 Å². The van der Waals surface area contributed by atoms with Gasteiger partial charge in [0, 0.05) is 25.7 Å². The van der Waals surface area contributed by atoms with Crippen molar-refractivity contribution in [3.63, 3.8) is 0 Å². The van der Waals surface area contributed by atoms with Gasteiger partial charge in [0.15, 0.2) is 0 Å². The topological polar surface area (TPSA) is 52.6 Å². The van der Waals surface area contributed by atoms with E-state index in [0.717, 1.165) is 51.4 Å². The Labute approximate surface area is 302 Å². The number of hydrogen-bond donors (Lipinski definition) is 0. The van der Waals surface area contributed by atoms with Crippen LogP contribution < -0.4 is 0 Å². The molecule has 4 heteroatoms. The highest BCUT2D eigenvalue weighted by molar-refractivity contribution is 5.73. The van der Waals surface area contributed by atoms with Crippen LogP contribution in [0.5, 0.6) is 0 Å². The third kappa shape index (κ3) is 29.5. The van der Waals surface area contributed by atoms with Crippen LogP contribution in [0.3, 0.4) is 0 Å². The van der Waals surface area contributed by atoms with Crippen LogP contribution in [0.2, 0.25) is 0 Å². The minimum atomic E-state index is -0.319. The average molecular weight is 677 g/mol. The summed E-state index contributed by atoms with van der Waals surface area (Å²) in [4.78, 5) is 25.9. The van der Waals surface area contributed by atoms with Gasteiger partial charge in [-0.15, -0.1) is 0 Å². The number of carbonyl (C=O) groups excluding carboxylic acids is 2. The van der Waals surface area contributed by atoms with E-state index in [-0.39, 0.29) is 37.0 Å². The number of hydrogen-bond acceptors (Lipinski definition) is 4. The number of allylic oxidation sites excluding steroid dienone is 12. The van der Waals surface area contributed by atoms with Crippen molar-refractivity contribution in [3.8, 4) is 0 Å². The van der Waals surface area contributed by atoms with Crippen LogP contribution in [0.4, 0.5) is 0 Å². The van der Waals surface area contributed by atoms with Crippen LogP contribution in [-0.2, 0) is 19.1 Å². The molecule has 0 rings (SSSR count). The molecule has 0 spiro atoms. The Balaban J connectivity index is 5.41. The predicted octanol–water partition coefficient (Wildman–Crippen LogP) is 13.5. The molecule has 2 unspecified atom stereocenters. The molecule has 276 valence electrons. The molecule has 4 nitrogen and oxygen atoms in total. The van der Waals surface area contributed by atoms with Gasteiger partial charge in [-0.05, 0) is 153 Å². The van der Waals surface area contributed by atoms with Crippen molar-refractivity contribution in [3.05, 3.63) is 93.2 Å². The van der Waals surface area contributed by atoms with Gasteiger partial charge in [-0.3, -0.25) is 9.59 Å². The third-order valence-corrected chi connectivity index (χ3v) is 8.03. The zero-order valence-electron chi connectivity index (χ0n) is 33.6. The molecule has 0 saturated heterocycles. The summed E-state index contributed by atoms with van der Waals surface area (Å²) in [7, 11) is 0. The van der Waals surface area contributed by atoms with E-state index in [1.165, 1.54) is 44.6 Å². The molecular formula is C45H72O4. The molecule has 0 radical (unpaired) electrons. The highest BCUT2D eigenvalue weighted by atomic mass is 16.5. The maximum Gasteiger partial charge on any atom is 0.306 e. The Hall–Kier alpha value is -3.14. The van der Waals surface area contributed by atoms with Crippen LogP contribution >= 0.6 is 0 Å². The summed E-state index contributed by atoms with van der Waals surface area (Å²) >= 11 is 0. The normalized spacial score (nSPS) is 13.6. The average Bonchev–Trinajstić information content (AvgIpc) is 2.97. The molecule has 0 aliphatic carbocycles. The van der Waals surface area contributed by atoms with Crippen LogP contribution in [0, 0.1) is 0 Å². The van der Waals surface area contributed by atoms with Gasteiger partial charge in [-0.1, -0.05) is 81.0 Å². The molecule has 0 amide bonds. The fourth-order valence-corrected chi connectivity index (χ4v) is 5.13. The lowest BCUT2D eigenvalue weighted by Gasteiger charge is -2.16. The largest absolute Gasteiger partial charge is 0.458 e. The molecule has 49 heavy (non-hydrogen) atoms. The quantitative estimate of drug-likeness (QED) is 0.0754. The van der Waals surface area contributed by atoms with Crippen molar-refractivity contribution >= 4 is 11.9 Å². The van der Waals surface area contributed by atoms with Gasteiger partial charge in [-0.2, -0.15) is 0 Å². The Morgan fingerprint density at radius 3 is 0.980 bits per heavy atom. The SMILES string of the molecule is CC(C)=CCC/C(C)=C/CC(/C=C(\C)CCC=C(C)C)OC(=O)CCCC(=O)OC(/C=C(\C)CCC=C(C)C)C/C=C(\C)CCC=C(C)C. The van der Waals surface area contributed by atoms with Crippen molar-refractivity contribution in [1.82, 2.24) is 0 Å². The van der Waals surface area contributed by atoms with Crippen molar-refractivity contribution in [2.45, 2.75) is 179 Å². The number of rotatable bonds is 24. The van der Waals surface area contributed by atoms with Crippen molar-refractivity contribution < 1.29 is 19.1 Å². The van der Waals surface area contributed by atoms with E-state index in [4.69, 9.17) is 9.47 Å². The maximum absolute atomic E-state index is 13.0. The summed E-state index contributed by atoms with van der Waals surface area (Å²) in [6.07, 6.45) is 26.8. The summed E-state index contributed by atoms with van der Waals surface area (Å²) in [6.45, 7) is 25.4. The first-order chi connectivity index (χ1) is 23.1. The van der Waals surface area contributed by atoms with Gasteiger partial charge >= 0.3 is 11.9 Å². The van der Waals surface area contributed by atoms with E-state index in [2.05, 4.69) is 132 Å². The first-order valence-electron chi connectivity index (χ1n) is 18.7. The first kappa shape index (κ1) is 45.9. The minimum absolute atomic E-state index is 0.186. The van der Waals surface area contributed by atoms with E-state index in [1.807, 2.05) is 0 Å². The molecule has 0 bridgehead atoms. The number of ether oxygens (including phenoxy) is 2. The van der Waals surface area contributed by atoms with Crippen LogP contribution in [0.15, 0.2) is 93.2 Å². The monoisotopic (exact) mass is 677 g/mol. The summed E-state index contributed by atoms with van der Waals surface area (Å²) in [5.74, 6) is -0.550. The van der Waals surface area contributed by atoms with Crippen molar-refractivity contribution in [2.24, 2.45) is 0 Å². The smallest absolute Gasteiger partial charge is 0.306 e. The van der Waals surface area contributed by atoms with Crippen molar-refractivity contribution in [1.29, 1.82) is 0 Å². The molecule has 2 atom stereocenters. The third-order valence-electron chi connectivity index (χ3n) is 8.03. The van der Waals surface area contributed by atoms with E-state index in [1.54, 1.807) is 0 Å². The minimum Gasteiger partial charge on any atom is -0.458 e. The van der Waals surface area contributed by atoms with E-state index >= 15 is 0 Å². The zero-order valence-corrected chi connectivity index (χ0v) is 33.6. The van der Waals surface area contributed by atoms with Gasteiger partial charge in [0.05, 0.1) is 0 Å². The van der Waals surface area contributed by atoms with E-state index < -0.39 is 0 Å². The summed E-state index contributed by atoms with van der Waals surface area (Å²) in [6, 6.07) is 0. The van der Waals surface area contributed by atoms with Gasteiger partial charge < -0.3 is 9.47 Å². The highest BCUT2D eigenvalue weighted by Crippen LogP contribution is 2.18. The molecule has 0 saturated carbocycles. The Bertz CT molecular complexity index is 1130. The molecule has 0 heterocycles. The van der Waals surface area contributed by atoms with Crippen LogP contribution in [-0.4, -0.2) is 24.1 Å². The van der Waals surface area contributed by atoms with E-state index in [0.29, 0.717) is 19.3 Å². The molecule has 0 N–H and O–H groups in total. The molecule has 0 aromatic rings. The first-order valence-corrected chi connectivity index (χ1v) is 18.7. The Kier molecular flexibility index (Phi) is 25.9. The standard InChI is InChI=1S/C45H72O4/c1-34(2)18-13-22-38(9)28-30-42(32-40(11)24-15-20-36(5)6)48-44(46)26-17-27-45(47)49-43(33-41(12)25-16-21-37(7)8)31-29-39(10)23-14-19-35(3)4/h18-21,28-29,32-33,42-43H,13-17,22-27,30-31H2,1-12H3/b38-28+,39-29+,40-32+,41-33+. The van der Waals surface area contributed by atoms with Gasteiger partial charge in [-0.25, -0.2) is 0 Å². The predicted molar refractivity (Wildman–Crippen MR) is 213 cm³/mol. The number of carbonyl (C=O) groups is 2. The van der Waals surface area contributed by atoms with Gasteiger partial charge in [0.25, 0.3) is 0 Å². The zero-order chi connectivity index (χ0) is 37.2. The fraction of sp³-hybridized carbons (Fsp3) is 0.600. The summed E-state index contributed by atoms with van der Waals surface area (Å²) in [5.41, 5.74) is 10.3. The molecule has 0 aromatic heterocycles. The molecule has 0 aliphatic rings. The molecule has 0 fully saturated rings. The number of esters is 2.